The summed E-state index contributed by atoms with van der Waals surface area (Å²) in [5.41, 5.74) is 6.19. The van der Waals surface area contributed by atoms with E-state index in [0.29, 0.717) is 17.7 Å². The zero-order chi connectivity index (χ0) is 18.6. The first-order chi connectivity index (χ1) is 11.9. The normalized spacial score (nSPS) is 22.0. The lowest BCUT2D eigenvalue weighted by molar-refractivity contribution is -0.168. The van der Waals surface area contributed by atoms with Gasteiger partial charge in [-0.3, -0.25) is 19.3 Å². The molecule has 25 heavy (non-hydrogen) atoms. The summed E-state index contributed by atoms with van der Waals surface area (Å²) in [5, 5.41) is -0.362. The minimum absolute atomic E-state index is 0.00300. The molecule has 0 aromatic rings. The second kappa shape index (κ2) is 8.34. The fraction of sp³-hybridized carbons (Fsp3) is 0.600. The predicted molar refractivity (Wildman–Crippen MR) is 86.7 cm³/mol. The zero-order valence-corrected chi connectivity index (χ0v) is 14.8. The fourth-order valence-electron chi connectivity index (χ4n) is 2.36. The molecule has 0 radical (unpaired) electrons. The number of ether oxygens (including phenoxy) is 3. The van der Waals surface area contributed by atoms with Gasteiger partial charge in [-0.1, -0.05) is 6.92 Å². The molecule has 2 N–H and O–H groups in total. The zero-order valence-electron chi connectivity index (χ0n) is 14.0. The van der Waals surface area contributed by atoms with Gasteiger partial charge >= 0.3 is 17.9 Å². The standard InChI is InChI=1S/C15H20N2O7S/c1-3-4-10(19)23-7-24-15(21)12-9(5-22-8(2)18)6-25-14-11(16)13(20)17(12)14/h11,14H,3-7,16H2,1-2H3. The highest BCUT2D eigenvalue weighted by Gasteiger charge is 2.52. The van der Waals surface area contributed by atoms with Gasteiger partial charge in [0.2, 0.25) is 12.7 Å². The Hall–Kier alpha value is -2.07. The molecule has 10 heteroatoms. The minimum Gasteiger partial charge on any atom is -0.461 e. The van der Waals surface area contributed by atoms with E-state index in [1.807, 2.05) is 6.92 Å². The van der Waals surface area contributed by atoms with E-state index in [-0.39, 0.29) is 24.1 Å². The Labute approximate surface area is 148 Å². The van der Waals surface area contributed by atoms with Crippen LogP contribution in [-0.4, -0.2) is 59.3 Å². The van der Waals surface area contributed by atoms with Crippen LogP contribution in [0.25, 0.3) is 0 Å². The third-order valence-corrected chi connectivity index (χ3v) is 4.96. The second-order valence-corrected chi connectivity index (χ2v) is 6.59. The van der Waals surface area contributed by atoms with Gasteiger partial charge in [-0.25, -0.2) is 4.79 Å². The van der Waals surface area contributed by atoms with E-state index >= 15 is 0 Å². The number of carbonyl (C=O) groups is 4. The van der Waals surface area contributed by atoms with Crippen molar-refractivity contribution in [1.82, 2.24) is 4.90 Å². The molecular formula is C15H20N2O7S. The Balaban J connectivity index is 2.08. The van der Waals surface area contributed by atoms with Gasteiger partial charge in [0.25, 0.3) is 0 Å². The van der Waals surface area contributed by atoms with Crippen molar-refractivity contribution in [2.75, 3.05) is 19.2 Å². The molecule has 0 aromatic heterocycles. The maximum atomic E-state index is 12.4. The average molecular weight is 372 g/mol. The van der Waals surface area contributed by atoms with Gasteiger partial charge in [0.05, 0.1) is 0 Å². The maximum Gasteiger partial charge on any atom is 0.358 e. The third-order valence-electron chi connectivity index (χ3n) is 3.60. The van der Waals surface area contributed by atoms with E-state index in [4.69, 9.17) is 19.9 Å². The molecule has 2 aliphatic heterocycles. The molecule has 1 fully saturated rings. The number of esters is 3. The number of rotatable bonds is 7. The van der Waals surface area contributed by atoms with E-state index in [1.54, 1.807) is 0 Å². The summed E-state index contributed by atoms with van der Waals surface area (Å²) in [6, 6.07) is -0.689. The molecule has 2 rings (SSSR count). The first-order valence-corrected chi connectivity index (χ1v) is 8.80. The molecule has 9 nitrogen and oxygen atoms in total. The van der Waals surface area contributed by atoms with E-state index in [1.165, 1.54) is 23.6 Å². The maximum absolute atomic E-state index is 12.4. The topological polar surface area (TPSA) is 125 Å². The Kier molecular flexibility index (Phi) is 6.43. The summed E-state index contributed by atoms with van der Waals surface area (Å²) in [7, 11) is 0. The smallest absolute Gasteiger partial charge is 0.358 e. The quantitative estimate of drug-likeness (QED) is 0.370. The van der Waals surface area contributed by atoms with Crippen LogP contribution < -0.4 is 5.73 Å². The summed E-state index contributed by atoms with van der Waals surface area (Å²) in [6.07, 6.45) is 0.833. The summed E-state index contributed by atoms with van der Waals surface area (Å²) in [6.45, 7) is 2.38. The number of nitrogens with two attached hydrogens (primary N) is 1. The van der Waals surface area contributed by atoms with Crippen molar-refractivity contribution in [2.45, 2.75) is 38.1 Å². The Morgan fingerprint density at radius 3 is 2.64 bits per heavy atom. The van der Waals surface area contributed by atoms with Crippen LogP contribution >= 0.6 is 11.8 Å². The monoisotopic (exact) mass is 372 g/mol. The molecule has 138 valence electrons. The number of hydrogen-bond donors (Lipinski definition) is 1. The number of fused-ring (bicyclic) bond motifs is 1. The van der Waals surface area contributed by atoms with Gasteiger partial charge in [-0.05, 0) is 6.42 Å². The largest absolute Gasteiger partial charge is 0.461 e. The molecule has 2 aliphatic rings. The Bertz CT molecular complexity index is 619. The number of hydrogen-bond acceptors (Lipinski definition) is 9. The summed E-state index contributed by atoms with van der Waals surface area (Å²) in [4.78, 5) is 48.0. The van der Waals surface area contributed by atoms with E-state index in [9.17, 15) is 19.2 Å². The minimum atomic E-state index is -0.822. The summed E-state index contributed by atoms with van der Waals surface area (Å²) >= 11 is 1.38. The van der Waals surface area contributed by atoms with Gasteiger partial charge in [0, 0.05) is 24.7 Å². The van der Waals surface area contributed by atoms with Crippen molar-refractivity contribution >= 4 is 35.6 Å². The summed E-state index contributed by atoms with van der Waals surface area (Å²) < 4.78 is 14.7. The molecule has 2 unspecified atom stereocenters. The number of β-lactam (4-membered cyclic amide) rings is 1. The first kappa shape index (κ1) is 19.3. The van der Waals surface area contributed by atoms with Gasteiger partial charge in [-0.15, -0.1) is 11.8 Å². The van der Waals surface area contributed by atoms with Crippen LogP contribution in [0.4, 0.5) is 0 Å². The van der Waals surface area contributed by atoms with Crippen LogP contribution in [0, 0.1) is 0 Å². The van der Waals surface area contributed by atoms with E-state index in [2.05, 4.69) is 0 Å². The Morgan fingerprint density at radius 2 is 2.00 bits per heavy atom. The predicted octanol–water partition coefficient (Wildman–Crippen LogP) is -0.110. The highest BCUT2D eigenvalue weighted by Crippen LogP contribution is 2.39. The van der Waals surface area contributed by atoms with Crippen LogP contribution in [0.1, 0.15) is 26.7 Å². The summed E-state index contributed by atoms with van der Waals surface area (Å²) in [5.74, 6) is -1.85. The molecule has 1 saturated heterocycles. The van der Waals surface area contributed by atoms with Crippen LogP contribution in [0.5, 0.6) is 0 Å². The van der Waals surface area contributed by atoms with Gasteiger partial charge in [-0.2, -0.15) is 0 Å². The lowest BCUT2D eigenvalue weighted by Gasteiger charge is -2.48. The molecule has 2 atom stereocenters. The number of nitrogens with zero attached hydrogens (tertiary/aromatic N) is 1. The van der Waals surface area contributed by atoms with Gasteiger partial charge in [0.15, 0.2) is 0 Å². The van der Waals surface area contributed by atoms with Crippen LogP contribution in [0.15, 0.2) is 11.3 Å². The van der Waals surface area contributed by atoms with Crippen molar-refractivity contribution in [1.29, 1.82) is 0 Å². The molecular weight excluding hydrogens is 352 g/mol. The number of amides is 1. The van der Waals surface area contributed by atoms with Gasteiger partial charge in [0.1, 0.15) is 23.7 Å². The van der Waals surface area contributed by atoms with Crippen LogP contribution in [0.3, 0.4) is 0 Å². The van der Waals surface area contributed by atoms with E-state index < -0.39 is 36.6 Å². The molecule has 0 aromatic carbocycles. The molecule has 0 spiro atoms. The molecule has 0 bridgehead atoms. The Morgan fingerprint density at radius 1 is 1.28 bits per heavy atom. The highest BCUT2D eigenvalue weighted by atomic mass is 32.2. The van der Waals surface area contributed by atoms with Crippen molar-refractivity contribution < 1.29 is 33.4 Å². The SMILES string of the molecule is CCCC(=O)OCOC(=O)C1=C(COC(C)=O)CSC2C(N)C(=O)N12. The first-order valence-electron chi connectivity index (χ1n) is 7.75. The lowest BCUT2D eigenvalue weighted by Crippen LogP contribution is -2.68. The van der Waals surface area contributed by atoms with Crippen molar-refractivity contribution in [3.8, 4) is 0 Å². The molecule has 1 amide bonds. The van der Waals surface area contributed by atoms with Crippen molar-refractivity contribution in [3.05, 3.63) is 11.3 Å². The lowest BCUT2D eigenvalue weighted by atomic mass is 10.0. The van der Waals surface area contributed by atoms with Crippen molar-refractivity contribution in [2.24, 2.45) is 5.73 Å². The number of carbonyl (C=O) groups excluding carboxylic acids is 4. The van der Waals surface area contributed by atoms with Crippen molar-refractivity contribution in [3.63, 3.8) is 0 Å². The average Bonchev–Trinajstić information content (AvgIpc) is 2.58. The number of thioether (sulfide) groups is 1. The molecule has 0 saturated carbocycles. The van der Waals surface area contributed by atoms with Crippen LogP contribution in [0.2, 0.25) is 0 Å². The highest BCUT2D eigenvalue weighted by molar-refractivity contribution is 8.00. The third kappa shape index (κ3) is 4.31. The fourth-order valence-corrected chi connectivity index (χ4v) is 3.64. The molecule has 0 aliphatic carbocycles. The van der Waals surface area contributed by atoms with E-state index in [0.717, 1.165) is 0 Å². The molecule has 2 heterocycles. The van der Waals surface area contributed by atoms with Crippen LogP contribution in [-0.2, 0) is 33.4 Å². The van der Waals surface area contributed by atoms with Gasteiger partial charge < -0.3 is 19.9 Å². The second-order valence-electron chi connectivity index (χ2n) is 5.48.